The molecule has 9 heteroatoms. The molecule has 4 heterocycles. The van der Waals surface area contributed by atoms with E-state index in [-0.39, 0.29) is 17.9 Å². The van der Waals surface area contributed by atoms with E-state index in [9.17, 15) is 9.18 Å². The molecule has 0 saturated carbocycles. The summed E-state index contributed by atoms with van der Waals surface area (Å²) >= 11 is 0. The molecule has 31 heavy (non-hydrogen) atoms. The highest BCUT2D eigenvalue weighted by atomic mass is 19.1. The van der Waals surface area contributed by atoms with Gasteiger partial charge in [-0.25, -0.2) is 14.4 Å². The smallest absolute Gasteiger partial charge is 0.223 e. The van der Waals surface area contributed by atoms with Crippen molar-refractivity contribution in [1.82, 2.24) is 25.1 Å². The number of nitrogens with zero attached hydrogens (tertiary/aromatic N) is 5. The first-order chi connectivity index (χ1) is 15.0. The van der Waals surface area contributed by atoms with E-state index in [0.29, 0.717) is 42.8 Å². The predicted molar refractivity (Wildman–Crippen MR) is 112 cm³/mol. The first kappa shape index (κ1) is 20.9. The zero-order valence-corrected chi connectivity index (χ0v) is 17.6. The molecule has 0 unspecified atom stereocenters. The average molecular weight is 424 g/mol. The standard InChI is InChI=1S/C22H25FN6O2/c1-14(2)22-28-27-20(31-22)10-11-21(30)29-12-4-6-17(29)16-5-3-7-19(25-16)26-18-9-8-15(23)13-24-18/h3,5,7-9,13-14,17H,4,6,10-12H2,1-2H3,(H,24,25,26)/t17-/m0/s1. The van der Waals surface area contributed by atoms with Gasteiger partial charge in [0.25, 0.3) is 0 Å². The molecule has 1 aliphatic heterocycles. The Bertz CT molecular complexity index is 1040. The van der Waals surface area contributed by atoms with E-state index in [0.717, 1.165) is 24.7 Å². The molecule has 1 aliphatic rings. The molecular formula is C22H25FN6O2. The van der Waals surface area contributed by atoms with Gasteiger partial charge in [-0.3, -0.25) is 4.79 Å². The Morgan fingerprint density at radius 3 is 2.87 bits per heavy atom. The summed E-state index contributed by atoms with van der Waals surface area (Å²) in [6.45, 7) is 4.67. The van der Waals surface area contributed by atoms with Gasteiger partial charge >= 0.3 is 0 Å². The van der Waals surface area contributed by atoms with Crippen LogP contribution in [0.3, 0.4) is 0 Å². The second-order valence-corrected chi connectivity index (χ2v) is 7.87. The van der Waals surface area contributed by atoms with E-state index in [2.05, 4.69) is 25.5 Å². The maximum atomic E-state index is 13.1. The van der Waals surface area contributed by atoms with Crippen LogP contribution < -0.4 is 5.32 Å². The van der Waals surface area contributed by atoms with Crippen molar-refractivity contribution in [3.8, 4) is 0 Å². The van der Waals surface area contributed by atoms with Gasteiger partial charge in [0.2, 0.25) is 17.7 Å². The summed E-state index contributed by atoms with van der Waals surface area (Å²) in [7, 11) is 0. The quantitative estimate of drug-likeness (QED) is 0.608. The van der Waals surface area contributed by atoms with Gasteiger partial charge < -0.3 is 14.6 Å². The molecule has 0 radical (unpaired) electrons. The Labute approximate surface area is 179 Å². The van der Waals surface area contributed by atoms with Gasteiger partial charge in [-0.2, -0.15) is 0 Å². The molecule has 1 amide bonds. The van der Waals surface area contributed by atoms with Crippen molar-refractivity contribution in [2.45, 2.75) is 51.5 Å². The fourth-order valence-electron chi connectivity index (χ4n) is 3.62. The summed E-state index contributed by atoms with van der Waals surface area (Å²) in [6.07, 6.45) is 3.67. The molecule has 0 bridgehead atoms. The first-order valence-electron chi connectivity index (χ1n) is 10.5. The molecule has 1 atom stereocenters. The molecule has 1 N–H and O–H groups in total. The number of pyridine rings is 2. The summed E-state index contributed by atoms with van der Waals surface area (Å²) in [5.41, 5.74) is 0.817. The number of hydrogen-bond acceptors (Lipinski definition) is 7. The van der Waals surface area contributed by atoms with Crippen molar-refractivity contribution < 1.29 is 13.6 Å². The summed E-state index contributed by atoms with van der Waals surface area (Å²) in [5, 5.41) is 11.1. The molecule has 1 fully saturated rings. The summed E-state index contributed by atoms with van der Waals surface area (Å²) in [6, 6.07) is 8.44. The van der Waals surface area contributed by atoms with Crippen LogP contribution in [0.5, 0.6) is 0 Å². The average Bonchev–Trinajstić information content (AvgIpc) is 3.44. The van der Waals surface area contributed by atoms with Crippen molar-refractivity contribution >= 4 is 17.5 Å². The van der Waals surface area contributed by atoms with E-state index in [4.69, 9.17) is 4.42 Å². The highest BCUT2D eigenvalue weighted by molar-refractivity contribution is 5.77. The zero-order chi connectivity index (χ0) is 21.8. The minimum absolute atomic E-state index is 0.0483. The molecule has 1 saturated heterocycles. The van der Waals surface area contributed by atoms with Crippen molar-refractivity contribution in [1.29, 1.82) is 0 Å². The number of aryl methyl sites for hydroxylation is 1. The van der Waals surface area contributed by atoms with E-state index in [1.807, 2.05) is 36.9 Å². The predicted octanol–water partition coefficient (Wildman–Crippen LogP) is 4.16. The van der Waals surface area contributed by atoms with Crippen LogP contribution in [-0.2, 0) is 11.2 Å². The minimum Gasteiger partial charge on any atom is -0.425 e. The van der Waals surface area contributed by atoms with Gasteiger partial charge in [0.15, 0.2) is 0 Å². The second-order valence-electron chi connectivity index (χ2n) is 7.87. The highest BCUT2D eigenvalue weighted by Gasteiger charge is 2.31. The largest absolute Gasteiger partial charge is 0.425 e. The number of carbonyl (C=O) groups excluding carboxylic acids is 1. The van der Waals surface area contributed by atoms with Crippen molar-refractivity contribution in [2.75, 3.05) is 11.9 Å². The molecular weight excluding hydrogens is 399 g/mol. The molecule has 162 valence electrons. The monoisotopic (exact) mass is 424 g/mol. The Hall–Kier alpha value is -3.36. The van der Waals surface area contributed by atoms with Crippen molar-refractivity contribution in [3.63, 3.8) is 0 Å². The third-order valence-electron chi connectivity index (χ3n) is 5.20. The van der Waals surface area contributed by atoms with Crippen LogP contribution in [0.4, 0.5) is 16.0 Å². The van der Waals surface area contributed by atoms with Gasteiger partial charge in [0.1, 0.15) is 17.5 Å². The van der Waals surface area contributed by atoms with Crippen LogP contribution >= 0.6 is 0 Å². The number of hydrogen-bond donors (Lipinski definition) is 1. The molecule has 0 spiro atoms. The third-order valence-corrected chi connectivity index (χ3v) is 5.20. The van der Waals surface area contributed by atoms with E-state index in [1.165, 1.54) is 6.07 Å². The Balaban J connectivity index is 1.41. The number of rotatable bonds is 7. The minimum atomic E-state index is -0.395. The number of nitrogens with one attached hydrogen (secondary N) is 1. The van der Waals surface area contributed by atoms with E-state index < -0.39 is 5.82 Å². The summed E-state index contributed by atoms with van der Waals surface area (Å²) < 4.78 is 18.7. The van der Waals surface area contributed by atoms with Crippen LogP contribution in [0, 0.1) is 5.82 Å². The number of likely N-dealkylation sites (tertiary alicyclic amines) is 1. The zero-order valence-electron chi connectivity index (χ0n) is 17.6. The lowest BCUT2D eigenvalue weighted by atomic mass is 10.1. The lowest BCUT2D eigenvalue weighted by molar-refractivity contribution is -0.132. The van der Waals surface area contributed by atoms with Crippen LogP contribution in [0.2, 0.25) is 0 Å². The maximum Gasteiger partial charge on any atom is 0.223 e. The molecule has 4 rings (SSSR count). The molecule has 3 aromatic rings. The lowest BCUT2D eigenvalue weighted by Crippen LogP contribution is -2.31. The SMILES string of the molecule is CC(C)c1nnc(CCC(=O)N2CCC[C@H]2c2cccc(Nc3ccc(F)cn3)n2)o1. The van der Waals surface area contributed by atoms with Crippen molar-refractivity contribution in [3.05, 3.63) is 59.8 Å². The second kappa shape index (κ2) is 9.20. The number of carbonyl (C=O) groups is 1. The first-order valence-corrected chi connectivity index (χ1v) is 10.5. The van der Waals surface area contributed by atoms with Gasteiger partial charge in [0.05, 0.1) is 17.9 Å². The van der Waals surface area contributed by atoms with Gasteiger partial charge in [-0.1, -0.05) is 19.9 Å². The molecule has 0 aromatic carbocycles. The molecule has 0 aliphatic carbocycles. The van der Waals surface area contributed by atoms with E-state index in [1.54, 1.807) is 6.07 Å². The number of anilines is 2. The van der Waals surface area contributed by atoms with Crippen LogP contribution in [0.15, 0.2) is 40.9 Å². The summed E-state index contributed by atoms with van der Waals surface area (Å²) in [5.74, 6) is 2.00. The summed E-state index contributed by atoms with van der Waals surface area (Å²) in [4.78, 5) is 23.4. The lowest BCUT2D eigenvalue weighted by Gasteiger charge is -2.24. The normalized spacial score (nSPS) is 16.1. The highest BCUT2D eigenvalue weighted by Crippen LogP contribution is 2.32. The third kappa shape index (κ3) is 5.04. The Kier molecular flexibility index (Phi) is 6.20. The van der Waals surface area contributed by atoms with Crippen molar-refractivity contribution in [2.24, 2.45) is 0 Å². The Morgan fingerprint density at radius 1 is 1.26 bits per heavy atom. The van der Waals surface area contributed by atoms with Crippen LogP contribution in [-0.4, -0.2) is 37.5 Å². The fourth-order valence-corrected chi connectivity index (χ4v) is 3.62. The number of aromatic nitrogens is 4. The topological polar surface area (TPSA) is 97.0 Å². The Morgan fingerprint density at radius 2 is 2.13 bits per heavy atom. The van der Waals surface area contributed by atoms with Gasteiger partial charge in [-0.05, 0) is 37.1 Å². The molecule has 8 nitrogen and oxygen atoms in total. The maximum absolute atomic E-state index is 13.1. The fraction of sp³-hybridized carbons (Fsp3) is 0.409. The number of amides is 1. The number of halogens is 1. The van der Waals surface area contributed by atoms with E-state index >= 15 is 0 Å². The molecule has 3 aromatic heterocycles. The van der Waals surface area contributed by atoms with Gasteiger partial charge in [-0.15, -0.1) is 10.2 Å². The van der Waals surface area contributed by atoms with Crippen LogP contribution in [0.25, 0.3) is 0 Å². The van der Waals surface area contributed by atoms with Crippen LogP contribution in [0.1, 0.15) is 62.5 Å². The van der Waals surface area contributed by atoms with Gasteiger partial charge in [0, 0.05) is 25.3 Å².